The van der Waals surface area contributed by atoms with E-state index < -0.39 is 29.8 Å². The molecule has 8 nitrogen and oxygen atoms in total. The van der Waals surface area contributed by atoms with Gasteiger partial charge in [-0.2, -0.15) is 13.9 Å². The summed E-state index contributed by atoms with van der Waals surface area (Å²) in [7, 11) is 0. The molecule has 2 aromatic heterocycles. The minimum Gasteiger partial charge on any atom is -0.489 e. The molecule has 0 aliphatic heterocycles. The Labute approximate surface area is 231 Å². The first-order valence-corrected chi connectivity index (χ1v) is 12.4. The summed E-state index contributed by atoms with van der Waals surface area (Å²) in [5.74, 6) is -1.61. The molecule has 0 bridgehead atoms. The quantitative estimate of drug-likeness (QED) is 0.193. The zero-order valence-electron chi connectivity index (χ0n) is 21.6. The van der Waals surface area contributed by atoms with Gasteiger partial charge in [0, 0.05) is 23.3 Å². The van der Waals surface area contributed by atoms with Gasteiger partial charge in [-0.25, -0.2) is 18.4 Å². The predicted molar refractivity (Wildman–Crippen MR) is 138 cm³/mol. The molecule has 0 aliphatic rings. The topological polar surface area (TPSA) is 95.4 Å². The van der Waals surface area contributed by atoms with Crippen LogP contribution in [0.25, 0.3) is 11.3 Å². The third-order valence-corrected chi connectivity index (χ3v) is 6.64. The van der Waals surface area contributed by atoms with Gasteiger partial charge < -0.3 is 19.1 Å². The highest BCUT2D eigenvalue weighted by atomic mass is 19.3. The number of aliphatic hydroxyl groups is 1. The molecular weight excluding hydrogens is 544 g/mol. The molecule has 0 spiro atoms. The molecule has 0 saturated heterocycles. The zero-order chi connectivity index (χ0) is 29.0. The van der Waals surface area contributed by atoms with Gasteiger partial charge in [0.1, 0.15) is 59.5 Å². The Kier molecular flexibility index (Phi) is 8.02. The second-order valence-electron chi connectivity index (χ2n) is 9.31. The van der Waals surface area contributed by atoms with Gasteiger partial charge in [-0.1, -0.05) is 30.3 Å². The fraction of sp³-hybridized carbons (Fsp3) is 0.207. The van der Waals surface area contributed by atoms with E-state index >= 15 is 0 Å². The SMILES string of the molecule is C[C@@H](c1cc(-c2ccc(OCc3ccc(OC(F)F)cc3)cc2)no1)[C@](O)(Cn1cncn1)c1ccc(F)cc1F. The van der Waals surface area contributed by atoms with Crippen LogP contribution in [0.4, 0.5) is 17.6 Å². The van der Waals surface area contributed by atoms with Crippen molar-refractivity contribution in [2.75, 3.05) is 0 Å². The largest absolute Gasteiger partial charge is 0.489 e. The smallest absolute Gasteiger partial charge is 0.387 e. The Balaban J connectivity index is 1.30. The van der Waals surface area contributed by atoms with E-state index in [1.54, 1.807) is 49.4 Å². The molecule has 212 valence electrons. The summed E-state index contributed by atoms with van der Waals surface area (Å²) >= 11 is 0. The molecule has 0 fully saturated rings. The summed E-state index contributed by atoms with van der Waals surface area (Å²) in [5.41, 5.74) is -0.0834. The molecule has 2 atom stereocenters. The molecule has 12 heteroatoms. The van der Waals surface area contributed by atoms with Gasteiger partial charge in [-0.05, 0) is 48.0 Å². The van der Waals surface area contributed by atoms with Gasteiger partial charge in [0.05, 0.1) is 12.5 Å². The Morgan fingerprint density at radius 2 is 1.71 bits per heavy atom. The minimum atomic E-state index is -2.89. The highest BCUT2D eigenvalue weighted by Gasteiger charge is 2.42. The molecule has 0 unspecified atom stereocenters. The molecule has 5 aromatic rings. The van der Waals surface area contributed by atoms with Gasteiger partial charge in [0.25, 0.3) is 0 Å². The monoisotopic (exact) mass is 568 g/mol. The van der Waals surface area contributed by atoms with Crippen LogP contribution in [0.5, 0.6) is 11.5 Å². The molecule has 1 N–H and O–H groups in total. The lowest BCUT2D eigenvalue weighted by atomic mass is 9.80. The summed E-state index contributed by atoms with van der Waals surface area (Å²) < 4.78 is 70.1. The highest BCUT2D eigenvalue weighted by Crippen LogP contribution is 2.40. The maximum absolute atomic E-state index is 14.9. The number of halogens is 4. The molecule has 0 saturated carbocycles. The predicted octanol–water partition coefficient (Wildman–Crippen LogP) is 6.08. The maximum atomic E-state index is 14.9. The van der Waals surface area contributed by atoms with Crippen molar-refractivity contribution in [1.29, 1.82) is 0 Å². The molecule has 41 heavy (non-hydrogen) atoms. The van der Waals surface area contributed by atoms with Crippen LogP contribution in [0.1, 0.15) is 29.7 Å². The third-order valence-electron chi connectivity index (χ3n) is 6.64. The Morgan fingerprint density at radius 1 is 0.976 bits per heavy atom. The molecule has 0 radical (unpaired) electrons. The van der Waals surface area contributed by atoms with Crippen LogP contribution in [0.15, 0.2) is 90.0 Å². The van der Waals surface area contributed by atoms with E-state index in [4.69, 9.17) is 9.26 Å². The molecule has 0 amide bonds. The van der Waals surface area contributed by atoms with E-state index in [9.17, 15) is 22.7 Å². The number of nitrogens with zero attached hydrogens (tertiary/aromatic N) is 4. The van der Waals surface area contributed by atoms with Gasteiger partial charge in [-0.15, -0.1) is 0 Å². The lowest BCUT2D eigenvalue weighted by Gasteiger charge is -2.33. The first kappa shape index (κ1) is 27.8. The molecule has 0 aliphatic carbocycles. The summed E-state index contributed by atoms with van der Waals surface area (Å²) in [6.07, 6.45) is 2.67. The van der Waals surface area contributed by atoms with Crippen LogP contribution in [0.2, 0.25) is 0 Å². The third kappa shape index (κ3) is 6.38. The van der Waals surface area contributed by atoms with E-state index in [2.05, 4.69) is 20.0 Å². The Morgan fingerprint density at radius 3 is 2.37 bits per heavy atom. The lowest BCUT2D eigenvalue weighted by molar-refractivity contribution is -0.0498. The second-order valence-corrected chi connectivity index (χ2v) is 9.31. The van der Waals surface area contributed by atoms with Crippen molar-refractivity contribution < 1.29 is 36.7 Å². The normalized spacial score (nSPS) is 13.6. The number of hydrogen-bond donors (Lipinski definition) is 1. The summed E-state index contributed by atoms with van der Waals surface area (Å²) in [5, 5.41) is 19.9. The van der Waals surface area contributed by atoms with Crippen LogP contribution in [0, 0.1) is 11.6 Å². The number of aromatic nitrogens is 4. The standard InChI is InChI=1S/C29H24F4N4O4/c1-18(29(38,15-37-17-34-16-35-37)24-11-6-21(30)12-25(24)31)27-13-26(36-41-27)20-4-9-22(10-5-20)39-14-19-2-7-23(8-3-19)40-28(32)33/h2-13,16-18,28,38H,14-15H2,1H3/t18-,29+/m0/s1. The van der Waals surface area contributed by atoms with Crippen LogP contribution in [-0.2, 0) is 18.8 Å². The average molecular weight is 569 g/mol. The summed E-state index contributed by atoms with van der Waals surface area (Å²) in [6.45, 7) is -1.21. The van der Waals surface area contributed by atoms with Gasteiger partial charge >= 0.3 is 6.61 Å². The first-order valence-electron chi connectivity index (χ1n) is 12.4. The minimum absolute atomic E-state index is 0.0639. The van der Waals surface area contributed by atoms with E-state index in [0.717, 1.165) is 11.6 Å². The first-order chi connectivity index (χ1) is 19.7. The second kappa shape index (κ2) is 11.8. The fourth-order valence-corrected chi connectivity index (χ4v) is 4.38. The number of hydrogen-bond acceptors (Lipinski definition) is 7. The maximum Gasteiger partial charge on any atom is 0.387 e. The number of alkyl halides is 2. The van der Waals surface area contributed by atoms with Crippen molar-refractivity contribution in [3.63, 3.8) is 0 Å². The van der Waals surface area contributed by atoms with E-state index in [1.807, 2.05) is 0 Å². The van der Waals surface area contributed by atoms with Gasteiger partial charge in [0.2, 0.25) is 0 Å². The lowest BCUT2D eigenvalue weighted by Crippen LogP contribution is -2.38. The van der Waals surface area contributed by atoms with E-state index in [1.165, 1.54) is 35.5 Å². The molecule has 3 aromatic carbocycles. The van der Waals surface area contributed by atoms with E-state index in [-0.39, 0.29) is 30.2 Å². The summed E-state index contributed by atoms with van der Waals surface area (Å²) in [4.78, 5) is 3.87. The van der Waals surface area contributed by atoms with Crippen molar-refractivity contribution >= 4 is 0 Å². The van der Waals surface area contributed by atoms with Crippen molar-refractivity contribution in [2.24, 2.45) is 0 Å². The molecule has 2 heterocycles. The fourth-order valence-electron chi connectivity index (χ4n) is 4.38. The van der Waals surface area contributed by atoms with Gasteiger partial charge in [0.15, 0.2) is 0 Å². The van der Waals surface area contributed by atoms with Crippen molar-refractivity contribution in [2.45, 2.75) is 38.2 Å². The van der Waals surface area contributed by atoms with Crippen LogP contribution in [0.3, 0.4) is 0 Å². The van der Waals surface area contributed by atoms with E-state index in [0.29, 0.717) is 23.1 Å². The Bertz CT molecular complexity index is 1580. The van der Waals surface area contributed by atoms with Gasteiger partial charge in [-0.3, -0.25) is 0 Å². The zero-order valence-corrected chi connectivity index (χ0v) is 21.6. The average Bonchev–Trinajstić information content (AvgIpc) is 3.65. The van der Waals surface area contributed by atoms with Crippen LogP contribution in [-0.4, -0.2) is 31.6 Å². The molecule has 5 rings (SSSR count). The van der Waals surface area contributed by atoms with Crippen LogP contribution < -0.4 is 9.47 Å². The number of benzene rings is 3. The van der Waals surface area contributed by atoms with Crippen LogP contribution >= 0.6 is 0 Å². The number of rotatable bonds is 11. The highest BCUT2D eigenvalue weighted by molar-refractivity contribution is 5.60. The number of ether oxygens (including phenoxy) is 2. The Hall–Kier alpha value is -4.71. The van der Waals surface area contributed by atoms with Crippen molar-refractivity contribution in [3.05, 3.63) is 114 Å². The molecular formula is C29H24F4N4O4. The van der Waals surface area contributed by atoms with Crippen molar-refractivity contribution in [1.82, 2.24) is 19.9 Å². The van der Waals surface area contributed by atoms with Crippen molar-refractivity contribution in [3.8, 4) is 22.8 Å². The summed E-state index contributed by atoms with van der Waals surface area (Å²) in [6, 6.07) is 17.8.